The molecular weight excluding hydrogens is 226 g/mol. The number of carboxylic acids is 1. The third-order valence-electron chi connectivity index (χ3n) is 3.27. The average Bonchev–Trinajstić information content (AvgIpc) is 2.26. The molecule has 0 amide bonds. The van der Waals surface area contributed by atoms with E-state index in [2.05, 4.69) is 32.9 Å². The van der Waals surface area contributed by atoms with Crippen LogP contribution in [0.1, 0.15) is 51.3 Å². The van der Waals surface area contributed by atoms with E-state index in [9.17, 15) is 4.79 Å². The Balaban J connectivity index is 2.82. The SMILES string of the molecule is CC(CC(=O)O)C(N)c1ccc(C(C)(C)C)cc1. The lowest BCUT2D eigenvalue weighted by molar-refractivity contribution is -0.138. The van der Waals surface area contributed by atoms with E-state index in [-0.39, 0.29) is 23.8 Å². The van der Waals surface area contributed by atoms with Crippen molar-refractivity contribution in [3.63, 3.8) is 0 Å². The van der Waals surface area contributed by atoms with E-state index < -0.39 is 5.97 Å². The van der Waals surface area contributed by atoms with Gasteiger partial charge in [0.1, 0.15) is 0 Å². The zero-order chi connectivity index (χ0) is 13.9. The summed E-state index contributed by atoms with van der Waals surface area (Å²) in [7, 11) is 0. The van der Waals surface area contributed by atoms with E-state index in [0.717, 1.165) is 5.56 Å². The standard InChI is InChI=1S/C15H23NO2/c1-10(9-13(17)18)14(16)11-5-7-12(8-6-11)15(2,3)4/h5-8,10,14H,9,16H2,1-4H3,(H,17,18). The highest BCUT2D eigenvalue weighted by atomic mass is 16.4. The van der Waals surface area contributed by atoms with Crippen molar-refractivity contribution in [3.05, 3.63) is 35.4 Å². The third kappa shape index (κ3) is 3.84. The number of benzene rings is 1. The van der Waals surface area contributed by atoms with Crippen molar-refractivity contribution in [1.82, 2.24) is 0 Å². The molecule has 2 atom stereocenters. The molecule has 0 fully saturated rings. The predicted octanol–water partition coefficient (Wildman–Crippen LogP) is 3.09. The molecule has 0 aliphatic heterocycles. The highest BCUT2D eigenvalue weighted by Gasteiger charge is 2.19. The fourth-order valence-corrected chi connectivity index (χ4v) is 1.94. The van der Waals surface area contributed by atoms with Crippen LogP contribution < -0.4 is 5.73 Å². The first kappa shape index (κ1) is 14.7. The summed E-state index contributed by atoms with van der Waals surface area (Å²) in [6.07, 6.45) is 0.0994. The molecule has 100 valence electrons. The van der Waals surface area contributed by atoms with Crippen molar-refractivity contribution in [2.75, 3.05) is 0 Å². The van der Waals surface area contributed by atoms with Gasteiger partial charge < -0.3 is 10.8 Å². The summed E-state index contributed by atoms with van der Waals surface area (Å²) in [5.41, 5.74) is 8.45. The van der Waals surface area contributed by atoms with Gasteiger partial charge in [-0.05, 0) is 22.5 Å². The minimum Gasteiger partial charge on any atom is -0.481 e. The molecule has 18 heavy (non-hydrogen) atoms. The second kappa shape index (κ2) is 5.53. The van der Waals surface area contributed by atoms with Crippen LogP contribution in [0, 0.1) is 5.92 Å². The highest BCUT2D eigenvalue weighted by molar-refractivity contribution is 5.67. The molecule has 3 heteroatoms. The Morgan fingerprint density at radius 2 is 1.78 bits per heavy atom. The molecule has 1 aromatic rings. The molecule has 2 unspecified atom stereocenters. The average molecular weight is 249 g/mol. The van der Waals surface area contributed by atoms with Crippen LogP contribution in [0.4, 0.5) is 0 Å². The van der Waals surface area contributed by atoms with Gasteiger partial charge >= 0.3 is 5.97 Å². The Bertz CT molecular complexity index is 403. The van der Waals surface area contributed by atoms with Gasteiger partial charge in [-0.15, -0.1) is 0 Å². The number of nitrogens with two attached hydrogens (primary N) is 1. The lowest BCUT2D eigenvalue weighted by Gasteiger charge is -2.22. The van der Waals surface area contributed by atoms with E-state index in [1.807, 2.05) is 19.1 Å². The minimum atomic E-state index is -0.802. The monoisotopic (exact) mass is 249 g/mol. The van der Waals surface area contributed by atoms with Crippen LogP contribution in [0.15, 0.2) is 24.3 Å². The molecule has 0 saturated carbocycles. The van der Waals surface area contributed by atoms with E-state index in [0.29, 0.717) is 0 Å². The summed E-state index contributed by atoms with van der Waals surface area (Å²) in [4.78, 5) is 10.7. The van der Waals surface area contributed by atoms with Crippen molar-refractivity contribution in [3.8, 4) is 0 Å². The number of aliphatic carboxylic acids is 1. The zero-order valence-corrected chi connectivity index (χ0v) is 11.6. The Kier molecular flexibility index (Phi) is 4.52. The van der Waals surface area contributed by atoms with E-state index in [1.165, 1.54) is 5.56 Å². The molecule has 0 heterocycles. The van der Waals surface area contributed by atoms with Gasteiger partial charge in [-0.2, -0.15) is 0 Å². The molecule has 0 aliphatic rings. The summed E-state index contributed by atoms with van der Waals surface area (Å²) in [6.45, 7) is 8.36. The number of rotatable bonds is 4. The summed E-state index contributed by atoms with van der Waals surface area (Å²) < 4.78 is 0. The van der Waals surface area contributed by atoms with Gasteiger partial charge in [0.05, 0.1) is 0 Å². The maximum Gasteiger partial charge on any atom is 0.303 e. The lowest BCUT2D eigenvalue weighted by Crippen LogP contribution is -2.21. The fourth-order valence-electron chi connectivity index (χ4n) is 1.94. The number of carboxylic acid groups (broad SMARTS) is 1. The second-order valence-electron chi connectivity index (χ2n) is 5.97. The van der Waals surface area contributed by atoms with Gasteiger partial charge in [-0.1, -0.05) is 52.0 Å². The maximum absolute atomic E-state index is 10.7. The van der Waals surface area contributed by atoms with Crippen molar-refractivity contribution in [2.24, 2.45) is 11.7 Å². The molecule has 0 bridgehead atoms. The Labute approximate surface area is 109 Å². The summed E-state index contributed by atoms with van der Waals surface area (Å²) >= 11 is 0. The maximum atomic E-state index is 10.7. The normalized spacial score (nSPS) is 15.2. The molecule has 1 aromatic carbocycles. The molecule has 0 radical (unpaired) electrons. The van der Waals surface area contributed by atoms with Crippen LogP contribution in [0.25, 0.3) is 0 Å². The van der Waals surface area contributed by atoms with Crippen molar-refractivity contribution in [1.29, 1.82) is 0 Å². The Hall–Kier alpha value is -1.35. The quantitative estimate of drug-likeness (QED) is 0.861. The van der Waals surface area contributed by atoms with Crippen LogP contribution in [0.5, 0.6) is 0 Å². The molecule has 1 rings (SSSR count). The third-order valence-corrected chi connectivity index (χ3v) is 3.27. The molecule has 0 spiro atoms. The predicted molar refractivity (Wildman–Crippen MR) is 73.5 cm³/mol. The van der Waals surface area contributed by atoms with Crippen molar-refractivity contribution >= 4 is 5.97 Å². The molecule has 0 saturated heterocycles. The lowest BCUT2D eigenvalue weighted by atomic mass is 9.85. The van der Waals surface area contributed by atoms with Crippen LogP contribution in [-0.4, -0.2) is 11.1 Å². The van der Waals surface area contributed by atoms with Crippen molar-refractivity contribution in [2.45, 2.75) is 45.6 Å². The molecule has 3 nitrogen and oxygen atoms in total. The number of carbonyl (C=O) groups is 1. The summed E-state index contributed by atoms with van der Waals surface area (Å²) in [5, 5.41) is 8.77. The highest BCUT2D eigenvalue weighted by Crippen LogP contribution is 2.26. The van der Waals surface area contributed by atoms with Gasteiger partial charge in [0.15, 0.2) is 0 Å². The molecule has 0 aliphatic carbocycles. The van der Waals surface area contributed by atoms with Gasteiger partial charge in [0.2, 0.25) is 0 Å². The Morgan fingerprint density at radius 3 is 2.17 bits per heavy atom. The minimum absolute atomic E-state index is 0.0667. The van der Waals surface area contributed by atoms with Crippen LogP contribution in [-0.2, 0) is 10.2 Å². The van der Waals surface area contributed by atoms with Gasteiger partial charge in [0.25, 0.3) is 0 Å². The molecule has 0 aromatic heterocycles. The van der Waals surface area contributed by atoms with Crippen LogP contribution >= 0.6 is 0 Å². The van der Waals surface area contributed by atoms with Gasteiger partial charge in [-0.3, -0.25) is 4.79 Å². The first-order valence-corrected chi connectivity index (χ1v) is 6.29. The van der Waals surface area contributed by atoms with Crippen molar-refractivity contribution < 1.29 is 9.90 Å². The first-order valence-electron chi connectivity index (χ1n) is 6.29. The molecular formula is C15H23NO2. The largest absolute Gasteiger partial charge is 0.481 e. The van der Waals surface area contributed by atoms with E-state index >= 15 is 0 Å². The summed E-state index contributed by atoms with van der Waals surface area (Å²) in [6, 6.07) is 7.92. The van der Waals surface area contributed by atoms with Crippen LogP contribution in [0.2, 0.25) is 0 Å². The zero-order valence-electron chi connectivity index (χ0n) is 11.6. The van der Waals surface area contributed by atoms with E-state index in [1.54, 1.807) is 0 Å². The topological polar surface area (TPSA) is 63.3 Å². The van der Waals surface area contributed by atoms with Gasteiger partial charge in [0, 0.05) is 12.5 Å². The second-order valence-corrected chi connectivity index (χ2v) is 5.97. The fraction of sp³-hybridized carbons (Fsp3) is 0.533. The number of hydrogen-bond donors (Lipinski definition) is 2. The molecule has 3 N–H and O–H groups in total. The van der Waals surface area contributed by atoms with E-state index in [4.69, 9.17) is 10.8 Å². The van der Waals surface area contributed by atoms with Crippen LogP contribution in [0.3, 0.4) is 0 Å². The van der Waals surface area contributed by atoms with Gasteiger partial charge in [-0.25, -0.2) is 0 Å². The number of hydrogen-bond acceptors (Lipinski definition) is 2. The summed E-state index contributed by atoms with van der Waals surface area (Å²) in [5.74, 6) is -0.868. The Morgan fingerprint density at radius 1 is 1.28 bits per heavy atom. The smallest absolute Gasteiger partial charge is 0.303 e. The first-order chi connectivity index (χ1) is 8.21.